The third-order valence-electron chi connectivity index (χ3n) is 2.81. The van der Waals surface area contributed by atoms with Gasteiger partial charge in [-0.05, 0) is 38.0 Å². The molecule has 0 spiro atoms. The summed E-state index contributed by atoms with van der Waals surface area (Å²) in [5.41, 5.74) is 1.36. The van der Waals surface area contributed by atoms with Gasteiger partial charge in [0.15, 0.2) is 0 Å². The van der Waals surface area contributed by atoms with Gasteiger partial charge < -0.3 is 9.73 Å². The van der Waals surface area contributed by atoms with Crippen LogP contribution in [0.15, 0.2) is 46.9 Å². The summed E-state index contributed by atoms with van der Waals surface area (Å²) >= 11 is 0. The van der Waals surface area contributed by atoms with Gasteiger partial charge in [0, 0.05) is 6.04 Å². The standard InChI is InChI=1S/C15H19NO/c1-12(10-14-6-4-3-5-7-14)16-11-15-9-8-13(2)17-15/h3-9,12,16H,10-11H2,1-2H3. The molecule has 1 aromatic carbocycles. The van der Waals surface area contributed by atoms with Crippen LogP contribution in [-0.4, -0.2) is 6.04 Å². The lowest BCUT2D eigenvalue weighted by atomic mass is 10.1. The molecule has 0 aliphatic heterocycles. The van der Waals surface area contributed by atoms with Crippen molar-refractivity contribution in [2.24, 2.45) is 0 Å². The molecule has 2 heteroatoms. The van der Waals surface area contributed by atoms with E-state index in [1.54, 1.807) is 0 Å². The van der Waals surface area contributed by atoms with Crippen LogP contribution in [0.25, 0.3) is 0 Å². The van der Waals surface area contributed by atoms with E-state index in [0.29, 0.717) is 6.04 Å². The van der Waals surface area contributed by atoms with E-state index in [9.17, 15) is 0 Å². The number of benzene rings is 1. The average molecular weight is 229 g/mol. The Hall–Kier alpha value is -1.54. The number of rotatable bonds is 5. The van der Waals surface area contributed by atoms with Crippen LogP contribution in [0.3, 0.4) is 0 Å². The first-order chi connectivity index (χ1) is 8.24. The van der Waals surface area contributed by atoms with Gasteiger partial charge in [0.2, 0.25) is 0 Å². The van der Waals surface area contributed by atoms with E-state index in [4.69, 9.17) is 4.42 Å². The minimum absolute atomic E-state index is 0.447. The van der Waals surface area contributed by atoms with E-state index < -0.39 is 0 Å². The molecule has 0 radical (unpaired) electrons. The van der Waals surface area contributed by atoms with Crippen LogP contribution in [0.5, 0.6) is 0 Å². The Bertz CT molecular complexity index is 447. The molecule has 1 N–H and O–H groups in total. The van der Waals surface area contributed by atoms with Crippen LogP contribution in [0, 0.1) is 6.92 Å². The predicted molar refractivity (Wildman–Crippen MR) is 69.9 cm³/mol. The van der Waals surface area contributed by atoms with E-state index in [2.05, 4.69) is 36.5 Å². The molecule has 1 aromatic heterocycles. The smallest absolute Gasteiger partial charge is 0.117 e. The van der Waals surface area contributed by atoms with Crippen molar-refractivity contribution in [1.29, 1.82) is 0 Å². The average Bonchev–Trinajstić information content (AvgIpc) is 2.74. The quantitative estimate of drug-likeness (QED) is 0.851. The van der Waals surface area contributed by atoms with E-state index in [-0.39, 0.29) is 0 Å². The van der Waals surface area contributed by atoms with E-state index in [0.717, 1.165) is 24.5 Å². The summed E-state index contributed by atoms with van der Waals surface area (Å²) in [6, 6.07) is 15.0. The topological polar surface area (TPSA) is 25.2 Å². The van der Waals surface area contributed by atoms with Crippen molar-refractivity contribution < 1.29 is 4.42 Å². The summed E-state index contributed by atoms with van der Waals surface area (Å²) in [6.45, 7) is 4.96. The molecule has 0 aliphatic carbocycles. The molecule has 1 heterocycles. The molecule has 2 aromatic rings. The van der Waals surface area contributed by atoms with Crippen LogP contribution >= 0.6 is 0 Å². The number of hydrogen-bond acceptors (Lipinski definition) is 2. The molecule has 17 heavy (non-hydrogen) atoms. The predicted octanol–water partition coefficient (Wildman–Crippen LogP) is 3.31. The molecular formula is C15H19NO. The van der Waals surface area contributed by atoms with Crippen LogP contribution in [0.1, 0.15) is 24.0 Å². The highest BCUT2D eigenvalue weighted by atomic mass is 16.3. The molecule has 2 rings (SSSR count). The molecule has 0 amide bonds. The zero-order valence-corrected chi connectivity index (χ0v) is 10.4. The van der Waals surface area contributed by atoms with Crippen molar-refractivity contribution in [3.8, 4) is 0 Å². The maximum Gasteiger partial charge on any atom is 0.117 e. The van der Waals surface area contributed by atoms with Crippen LogP contribution in [0.4, 0.5) is 0 Å². The Balaban J connectivity index is 1.80. The molecule has 0 saturated carbocycles. The minimum atomic E-state index is 0.447. The summed E-state index contributed by atoms with van der Waals surface area (Å²) in [6.07, 6.45) is 1.04. The largest absolute Gasteiger partial charge is 0.465 e. The van der Waals surface area contributed by atoms with Gasteiger partial charge in [-0.25, -0.2) is 0 Å². The van der Waals surface area contributed by atoms with Gasteiger partial charge in [0.05, 0.1) is 6.54 Å². The molecule has 0 aliphatic rings. The van der Waals surface area contributed by atoms with Gasteiger partial charge in [-0.3, -0.25) is 0 Å². The number of hydrogen-bond donors (Lipinski definition) is 1. The minimum Gasteiger partial charge on any atom is -0.465 e. The first kappa shape index (κ1) is 11.9. The Morgan fingerprint density at radius 3 is 2.53 bits per heavy atom. The first-order valence-electron chi connectivity index (χ1n) is 6.06. The van der Waals surface area contributed by atoms with Crippen molar-refractivity contribution in [2.75, 3.05) is 0 Å². The summed E-state index contributed by atoms with van der Waals surface area (Å²) in [5, 5.41) is 3.47. The zero-order valence-electron chi connectivity index (χ0n) is 10.4. The normalized spacial score (nSPS) is 12.6. The SMILES string of the molecule is Cc1ccc(CNC(C)Cc2ccccc2)o1. The fourth-order valence-electron chi connectivity index (χ4n) is 1.89. The van der Waals surface area contributed by atoms with Gasteiger partial charge in [-0.15, -0.1) is 0 Å². The Kier molecular flexibility index (Phi) is 3.99. The fraction of sp³-hybridized carbons (Fsp3) is 0.333. The summed E-state index contributed by atoms with van der Waals surface area (Å²) in [5.74, 6) is 1.97. The number of aryl methyl sites for hydroxylation is 1. The second kappa shape index (κ2) is 5.69. The molecule has 0 fully saturated rings. The third kappa shape index (κ3) is 3.75. The maximum absolute atomic E-state index is 5.52. The molecule has 0 bridgehead atoms. The molecule has 0 saturated heterocycles. The fourth-order valence-corrected chi connectivity index (χ4v) is 1.89. The Labute approximate surface area is 103 Å². The van der Waals surface area contributed by atoms with Crippen molar-refractivity contribution in [1.82, 2.24) is 5.32 Å². The maximum atomic E-state index is 5.52. The lowest BCUT2D eigenvalue weighted by Gasteiger charge is -2.12. The highest BCUT2D eigenvalue weighted by molar-refractivity contribution is 5.15. The summed E-state index contributed by atoms with van der Waals surface area (Å²) < 4.78 is 5.52. The van der Waals surface area contributed by atoms with Gasteiger partial charge >= 0.3 is 0 Å². The molecule has 90 valence electrons. The van der Waals surface area contributed by atoms with Crippen LogP contribution in [0.2, 0.25) is 0 Å². The Morgan fingerprint density at radius 1 is 1.12 bits per heavy atom. The van der Waals surface area contributed by atoms with Gasteiger partial charge in [-0.2, -0.15) is 0 Å². The number of nitrogens with one attached hydrogen (secondary N) is 1. The lowest BCUT2D eigenvalue weighted by Crippen LogP contribution is -2.27. The molecular weight excluding hydrogens is 210 g/mol. The van der Waals surface area contributed by atoms with E-state index >= 15 is 0 Å². The zero-order chi connectivity index (χ0) is 12.1. The lowest BCUT2D eigenvalue weighted by molar-refractivity contribution is 0.439. The van der Waals surface area contributed by atoms with Crippen molar-refractivity contribution in [3.63, 3.8) is 0 Å². The van der Waals surface area contributed by atoms with Crippen molar-refractivity contribution >= 4 is 0 Å². The second-order valence-electron chi connectivity index (χ2n) is 4.48. The monoisotopic (exact) mass is 229 g/mol. The highest BCUT2D eigenvalue weighted by Gasteiger charge is 2.04. The Morgan fingerprint density at radius 2 is 1.88 bits per heavy atom. The summed E-state index contributed by atoms with van der Waals surface area (Å²) in [4.78, 5) is 0. The number of furan rings is 1. The third-order valence-corrected chi connectivity index (χ3v) is 2.81. The highest BCUT2D eigenvalue weighted by Crippen LogP contribution is 2.07. The molecule has 2 nitrogen and oxygen atoms in total. The van der Waals surface area contributed by atoms with Gasteiger partial charge in [-0.1, -0.05) is 30.3 Å². The van der Waals surface area contributed by atoms with Gasteiger partial charge in [0.1, 0.15) is 11.5 Å². The van der Waals surface area contributed by atoms with E-state index in [1.807, 2.05) is 25.1 Å². The first-order valence-corrected chi connectivity index (χ1v) is 6.06. The molecule has 1 unspecified atom stereocenters. The second-order valence-corrected chi connectivity index (χ2v) is 4.48. The van der Waals surface area contributed by atoms with Crippen molar-refractivity contribution in [2.45, 2.75) is 32.9 Å². The van der Waals surface area contributed by atoms with Crippen LogP contribution in [-0.2, 0) is 13.0 Å². The van der Waals surface area contributed by atoms with E-state index in [1.165, 1.54) is 5.56 Å². The van der Waals surface area contributed by atoms with Crippen LogP contribution < -0.4 is 5.32 Å². The van der Waals surface area contributed by atoms with Crippen molar-refractivity contribution in [3.05, 3.63) is 59.5 Å². The summed E-state index contributed by atoms with van der Waals surface area (Å²) in [7, 11) is 0. The van der Waals surface area contributed by atoms with Gasteiger partial charge in [0.25, 0.3) is 0 Å². The molecule has 1 atom stereocenters.